The fraction of sp³-hybridized carbons (Fsp3) is 0.153. The van der Waals surface area contributed by atoms with Crippen molar-refractivity contribution in [3.63, 3.8) is 0 Å². The summed E-state index contributed by atoms with van der Waals surface area (Å²) in [5.41, 5.74) is 14.8. The van der Waals surface area contributed by atoms with Gasteiger partial charge in [0.15, 0.2) is 0 Å². The number of anilines is 1. The minimum Gasteiger partial charge on any atom is -0.334 e. The molecule has 1 heteroatoms. The van der Waals surface area contributed by atoms with E-state index in [1.54, 1.807) is 0 Å². The second-order valence-electron chi connectivity index (χ2n) is 17.5. The Morgan fingerprint density at radius 3 is 2.08 bits per heavy atom. The SMILES string of the molecule is CC1(C)c2ccccc2-c2ccc(N(C3=CC(c4cccc5ccccc45)C(c4ccccc4)C=C3)C3C=CC(C4C=CC=CC4)=C(c4cccc5ccccc45)C3)cc21. The molecule has 0 heterocycles. The summed E-state index contributed by atoms with van der Waals surface area (Å²) in [6.45, 7) is 4.79. The molecule has 60 heavy (non-hydrogen) atoms. The standard InChI is InChI=1S/C59H49N/c1-59(2)57-30-14-13-27-53(57)54-36-33-46(39-58(54)59)60(44-31-34-49(40-17-5-3-6-18-40)55(37-44)51-28-15-23-42-21-9-11-25-47(42)51)45-32-35-50(41-19-7-4-8-20-41)56(38-45)52-29-16-24-43-22-10-12-26-48(43)52/h3-19,21-37,39,41,45,49,55H,20,38H2,1-2H3. The second-order valence-corrected chi connectivity index (χ2v) is 17.5. The van der Waals surface area contributed by atoms with E-state index in [-0.39, 0.29) is 23.3 Å². The van der Waals surface area contributed by atoms with Gasteiger partial charge in [0.2, 0.25) is 0 Å². The molecular formula is C59H49N. The molecule has 4 aliphatic rings. The highest BCUT2D eigenvalue weighted by Crippen LogP contribution is 2.51. The van der Waals surface area contributed by atoms with Crippen molar-refractivity contribution in [3.05, 3.63) is 251 Å². The smallest absolute Gasteiger partial charge is 0.0565 e. The maximum absolute atomic E-state index is 2.67. The molecular weight excluding hydrogens is 723 g/mol. The van der Waals surface area contributed by atoms with Crippen molar-refractivity contribution in [3.8, 4) is 11.1 Å². The Bertz CT molecular complexity index is 2970. The van der Waals surface area contributed by atoms with Gasteiger partial charge in [-0.2, -0.15) is 0 Å². The predicted octanol–water partition coefficient (Wildman–Crippen LogP) is 15.0. The third kappa shape index (κ3) is 6.15. The number of hydrogen-bond donors (Lipinski definition) is 0. The summed E-state index contributed by atoms with van der Waals surface area (Å²) < 4.78 is 0. The molecule has 0 N–H and O–H groups in total. The van der Waals surface area contributed by atoms with Crippen LogP contribution in [0.2, 0.25) is 0 Å². The maximum Gasteiger partial charge on any atom is 0.0565 e. The largest absolute Gasteiger partial charge is 0.334 e. The van der Waals surface area contributed by atoms with Crippen LogP contribution in [0.25, 0.3) is 38.2 Å². The van der Waals surface area contributed by atoms with Gasteiger partial charge in [-0.05, 0) is 103 Å². The number of rotatable bonds is 7. The van der Waals surface area contributed by atoms with Gasteiger partial charge < -0.3 is 4.90 Å². The average Bonchev–Trinajstić information content (AvgIpc) is 3.54. The van der Waals surface area contributed by atoms with Gasteiger partial charge in [0.1, 0.15) is 0 Å². The second kappa shape index (κ2) is 14.8. The minimum absolute atomic E-state index is 0.0770. The van der Waals surface area contributed by atoms with Crippen LogP contribution < -0.4 is 4.90 Å². The van der Waals surface area contributed by atoms with Gasteiger partial charge in [0.25, 0.3) is 0 Å². The molecule has 4 aliphatic carbocycles. The van der Waals surface area contributed by atoms with E-state index in [0.717, 1.165) is 12.8 Å². The van der Waals surface area contributed by atoms with Crippen LogP contribution in [0.5, 0.6) is 0 Å². The molecule has 7 aromatic rings. The molecule has 0 amide bonds. The van der Waals surface area contributed by atoms with Gasteiger partial charge in [-0.25, -0.2) is 0 Å². The van der Waals surface area contributed by atoms with Crippen molar-refractivity contribution < 1.29 is 0 Å². The first-order valence-electron chi connectivity index (χ1n) is 21.7. The first-order valence-corrected chi connectivity index (χ1v) is 21.7. The number of hydrogen-bond acceptors (Lipinski definition) is 1. The van der Waals surface area contributed by atoms with E-state index in [4.69, 9.17) is 0 Å². The Labute approximate surface area is 354 Å². The molecule has 4 atom stereocenters. The third-order valence-electron chi connectivity index (χ3n) is 13.8. The third-order valence-corrected chi connectivity index (χ3v) is 13.8. The van der Waals surface area contributed by atoms with Gasteiger partial charge in [0.05, 0.1) is 6.04 Å². The van der Waals surface area contributed by atoms with Crippen molar-refractivity contribution in [1.82, 2.24) is 0 Å². The highest BCUT2D eigenvalue weighted by molar-refractivity contribution is 5.96. The number of fused-ring (bicyclic) bond motifs is 5. The number of allylic oxidation sites excluding steroid dienone is 9. The van der Waals surface area contributed by atoms with E-state index in [9.17, 15) is 0 Å². The molecule has 0 radical (unpaired) electrons. The Morgan fingerprint density at radius 2 is 1.25 bits per heavy atom. The van der Waals surface area contributed by atoms with Crippen molar-refractivity contribution in [2.45, 2.75) is 50.0 Å². The molecule has 0 bridgehead atoms. The molecule has 0 saturated heterocycles. The molecule has 4 unspecified atom stereocenters. The minimum atomic E-state index is -0.112. The molecule has 0 saturated carbocycles. The van der Waals surface area contributed by atoms with Crippen LogP contribution in [0.1, 0.15) is 66.3 Å². The summed E-state index contributed by atoms with van der Waals surface area (Å²) in [5, 5.41) is 5.20. The van der Waals surface area contributed by atoms with Gasteiger partial charge in [-0.3, -0.25) is 0 Å². The normalized spacial score (nSPS) is 21.3. The highest BCUT2D eigenvalue weighted by atomic mass is 15.2. The zero-order valence-corrected chi connectivity index (χ0v) is 34.4. The van der Waals surface area contributed by atoms with Crippen LogP contribution in [-0.4, -0.2) is 6.04 Å². The molecule has 7 aromatic carbocycles. The molecule has 0 fully saturated rings. The van der Waals surface area contributed by atoms with E-state index in [1.165, 1.54) is 83.0 Å². The first-order chi connectivity index (χ1) is 29.5. The Kier molecular flexibility index (Phi) is 9.00. The topological polar surface area (TPSA) is 3.24 Å². The van der Waals surface area contributed by atoms with Crippen molar-refractivity contribution in [2.24, 2.45) is 5.92 Å². The predicted molar refractivity (Wildman–Crippen MR) is 254 cm³/mol. The van der Waals surface area contributed by atoms with Crippen molar-refractivity contribution in [2.75, 3.05) is 4.90 Å². The van der Waals surface area contributed by atoms with Gasteiger partial charge in [-0.15, -0.1) is 0 Å². The summed E-state index contributed by atoms with van der Waals surface area (Å²) in [6, 6.07) is 59.0. The molecule has 0 spiro atoms. The fourth-order valence-electron chi connectivity index (χ4n) is 10.8. The lowest BCUT2D eigenvalue weighted by molar-refractivity contribution is 0.658. The molecule has 0 aromatic heterocycles. The Morgan fingerprint density at radius 1 is 0.550 bits per heavy atom. The monoisotopic (exact) mass is 771 g/mol. The van der Waals surface area contributed by atoms with Crippen LogP contribution >= 0.6 is 0 Å². The van der Waals surface area contributed by atoms with E-state index in [2.05, 4.69) is 231 Å². The summed E-state index contributed by atoms with van der Waals surface area (Å²) in [7, 11) is 0. The van der Waals surface area contributed by atoms with Crippen LogP contribution in [0.3, 0.4) is 0 Å². The summed E-state index contributed by atoms with van der Waals surface area (Å²) in [5.74, 6) is 0.665. The van der Waals surface area contributed by atoms with Gasteiger partial charge in [-0.1, -0.05) is 208 Å². The number of nitrogens with zero attached hydrogens (tertiary/aromatic N) is 1. The van der Waals surface area contributed by atoms with Crippen LogP contribution in [0.4, 0.5) is 5.69 Å². The molecule has 0 aliphatic heterocycles. The van der Waals surface area contributed by atoms with E-state index in [1.807, 2.05) is 0 Å². The molecule has 1 nitrogen and oxygen atoms in total. The zero-order valence-electron chi connectivity index (χ0n) is 34.4. The molecule has 290 valence electrons. The summed E-state index contributed by atoms with van der Waals surface area (Å²) >= 11 is 0. The Hall–Kier alpha value is -6.70. The van der Waals surface area contributed by atoms with E-state index >= 15 is 0 Å². The first kappa shape index (κ1) is 36.4. The zero-order chi connectivity index (χ0) is 40.2. The van der Waals surface area contributed by atoms with Gasteiger partial charge in [0, 0.05) is 34.6 Å². The van der Waals surface area contributed by atoms with E-state index < -0.39 is 0 Å². The van der Waals surface area contributed by atoms with Crippen LogP contribution in [-0.2, 0) is 5.41 Å². The lowest BCUT2D eigenvalue weighted by Gasteiger charge is -2.40. The van der Waals surface area contributed by atoms with Crippen molar-refractivity contribution in [1.29, 1.82) is 0 Å². The van der Waals surface area contributed by atoms with E-state index in [0.29, 0.717) is 5.92 Å². The Balaban J connectivity index is 1.10. The quantitative estimate of drug-likeness (QED) is 0.156. The fourth-order valence-corrected chi connectivity index (χ4v) is 10.8. The summed E-state index contributed by atoms with van der Waals surface area (Å²) in [6.07, 6.45) is 23.5. The summed E-state index contributed by atoms with van der Waals surface area (Å²) in [4.78, 5) is 2.67. The van der Waals surface area contributed by atoms with Crippen LogP contribution in [0, 0.1) is 5.92 Å². The van der Waals surface area contributed by atoms with Crippen LogP contribution in [0.15, 0.2) is 224 Å². The van der Waals surface area contributed by atoms with Crippen molar-refractivity contribution >= 4 is 32.8 Å². The number of benzene rings is 7. The average molecular weight is 772 g/mol. The van der Waals surface area contributed by atoms with Gasteiger partial charge >= 0.3 is 0 Å². The highest BCUT2D eigenvalue weighted by Gasteiger charge is 2.37. The lowest BCUT2D eigenvalue weighted by Crippen LogP contribution is -2.36. The lowest BCUT2D eigenvalue weighted by atomic mass is 9.76. The maximum atomic E-state index is 2.67. The molecule has 11 rings (SSSR count).